The summed E-state index contributed by atoms with van der Waals surface area (Å²) in [5.74, 6) is -0.00432. The van der Waals surface area contributed by atoms with Crippen LogP contribution in [-0.4, -0.2) is 96.7 Å². The van der Waals surface area contributed by atoms with Crippen molar-refractivity contribution in [1.82, 2.24) is 0 Å². The second-order valence-electron chi connectivity index (χ2n) is 28.1. The van der Waals surface area contributed by atoms with E-state index in [0.717, 1.165) is 108 Å². The van der Waals surface area contributed by atoms with Gasteiger partial charge in [0, 0.05) is 25.7 Å². The highest BCUT2D eigenvalue weighted by Gasteiger charge is 2.30. The number of carbonyl (C=O) groups excluding carboxylic acids is 4. The number of unbranched alkanes of at least 4 members (excludes halogenated alkanes) is 40. The maximum absolute atomic E-state index is 13.0. The van der Waals surface area contributed by atoms with Crippen LogP contribution in [0.1, 0.15) is 376 Å². The Morgan fingerprint density at radius 3 is 0.731 bits per heavy atom. The summed E-state index contributed by atoms with van der Waals surface area (Å²) in [6.45, 7) is 11.7. The van der Waals surface area contributed by atoms with Crippen LogP contribution in [0.15, 0.2) is 0 Å². The molecule has 0 heterocycles. The van der Waals surface area contributed by atoms with Gasteiger partial charge in [0.15, 0.2) is 12.2 Å². The molecule has 19 heteroatoms. The molecule has 0 spiro atoms. The van der Waals surface area contributed by atoms with Gasteiger partial charge in [-0.1, -0.05) is 325 Å². The van der Waals surface area contributed by atoms with Crippen molar-refractivity contribution in [3.05, 3.63) is 0 Å². The molecular weight excluding hydrogens is 1220 g/mol. The lowest BCUT2D eigenvalue weighted by molar-refractivity contribution is -0.161. The molecule has 0 aromatic rings. The number of rotatable bonds is 72. The molecule has 0 aromatic carbocycles. The summed E-state index contributed by atoms with van der Waals surface area (Å²) in [5, 5.41) is 10.6. The summed E-state index contributed by atoms with van der Waals surface area (Å²) in [6, 6.07) is 0. The fourth-order valence-corrected chi connectivity index (χ4v) is 12.8. The number of aliphatic hydroxyl groups is 1. The fourth-order valence-electron chi connectivity index (χ4n) is 11.2. The lowest BCUT2D eigenvalue weighted by Crippen LogP contribution is -2.30. The molecule has 0 aromatic heterocycles. The van der Waals surface area contributed by atoms with Crippen LogP contribution in [0, 0.1) is 17.8 Å². The average molecular weight is 1370 g/mol. The van der Waals surface area contributed by atoms with Crippen LogP contribution in [0.25, 0.3) is 0 Å². The van der Waals surface area contributed by atoms with Gasteiger partial charge in [0.05, 0.1) is 26.4 Å². The van der Waals surface area contributed by atoms with E-state index < -0.39 is 97.5 Å². The number of ether oxygens (including phenoxy) is 4. The zero-order chi connectivity index (χ0) is 68.7. The van der Waals surface area contributed by atoms with E-state index in [0.29, 0.717) is 31.6 Å². The highest BCUT2D eigenvalue weighted by atomic mass is 31.2. The maximum Gasteiger partial charge on any atom is 0.472 e. The van der Waals surface area contributed by atoms with E-state index in [2.05, 4.69) is 48.5 Å². The molecule has 0 bridgehead atoms. The molecule has 0 aliphatic carbocycles. The largest absolute Gasteiger partial charge is 0.472 e. The summed E-state index contributed by atoms with van der Waals surface area (Å²) >= 11 is 0. The molecule has 0 saturated heterocycles. The van der Waals surface area contributed by atoms with Gasteiger partial charge < -0.3 is 33.8 Å². The molecule has 0 fully saturated rings. The van der Waals surface area contributed by atoms with Crippen molar-refractivity contribution in [3.63, 3.8) is 0 Å². The van der Waals surface area contributed by atoms with Gasteiger partial charge in [-0.05, 0) is 43.4 Å². The van der Waals surface area contributed by atoms with Crippen molar-refractivity contribution in [2.75, 3.05) is 39.6 Å². The Morgan fingerprint density at radius 1 is 0.290 bits per heavy atom. The zero-order valence-electron chi connectivity index (χ0n) is 60.7. The summed E-state index contributed by atoms with van der Waals surface area (Å²) in [7, 11) is -9.90. The predicted molar refractivity (Wildman–Crippen MR) is 377 cm³/mol. The van der Waals surface area contributed by atoms with Crippen LogP contribution in [0.3, 0.4) is 0 Å². The number of hydrogen-bond acceptors (Lipinski definition) is 15. The van der Waals surface area contributed by atoms with E-state index in [1.54, 1.807) is 0 Å². The Kier molecular flexibility index (Phi) is 63.4. The van der Waals surface area contributed by atoms with Gasteiger partial charge in [0.2, 0.25) is 0 Å². The summed E-state index contributed by atoms with van der Waals surface area (Å²) < 4.78 is 68.3. The monoisotopic (exact) mass is 1370 g/mol. The number of phosphoric ester groups is 2. The SMILES string of the molecule is CCCCCCCCCCCCCCCCCCCCCCCCC(=O)O[C@H](COC(=O)CCCCCCCCCCC(C)C)COP(=O)(O)OC[C@@H](O)COP(=O)(O)OC[C@@H](COC(=O)CCCCCCCCC(C)C)OC(=O)CCCCCCCCCCC(C)C. The molecule has 0 amide bonds. The second kappa shape index (κ2) is 64.7. The molecular formula is C74H144O17P2. The normalized spacial score (nSPS) is 14.1. The quantitative estimate of drug-likeness (QED) is 0.0222. The van der Waals surface area contributed by atoms with Crippen molar-refractivity contribution in [1.29, 1.82) is 0 Å². The van der Waals surface area contributed by atoms with Gasteiger partial charge in [-0.3, -0.25) is 37.3 Å². The van der Waals surface area contributed by atoms with Gasteiger partial charge in [0.1, 0.15) is 19.3 Å². The molecule has 2 unspecified atom stereocenters. The van der Waals surface area contributed by atoms with Gasteiger partial charge in [-0.2, -0.15) is 0 Å². The van der Waals surface area contributed by atoms with Gasteiger partial charge in [-0.25, -0.2) is 9.13 Å². The molecule has 3 N–H and O–H groups in total. The maximum atomic E-state index is 13.0. The van der Waals surface area contributed by atoms with Crippen LogP contribution < -0.4 is 0 Å². The standard InChI is InChI=1S/C74H144O17P2/c1-8-9-10-11-12-13-14-15-16-17-18-19-20-21-22-23-24-25-26-34-43-50-57-73(78)90-69(61-84-71(76)55-48-41-33-29-27-31-38-45-52-65(2)3)63-88-92(80,81)86-59-68(75)60-87-93(82,83)89-64-70(62-85-72(77)56-49-42-37-36-40-47-54-67(6)7)91-74(79)58-51-44-35-30-28-32-39-46-53-66(4)5/h65-70,75H,8-64H2,1-7H3,(H,80,81)(H,82,83)/t68-,69-,70-/m1/s1. The van der Waals surface area contributed by atoms with Gasteiger partial charge in [0.25, 0.3) is 0 Å². The van der Waals surface area contributed by atoms with E-state index in [1.165, 1.54) is 180 Å². The Morgan fingerprint density at radius 2 is 0.495 bits per heavy atom. The topological polar surface area (TPSA) is 237 Å². The molecule has 17 nitrogen and oxygen atoms in total. The van der Waals surface area contributed by atoms with Crippen molar-refractivity contribution in [2.45, 2.75) is 394 Å². The molecule has 552 valence electrons. The highest BCUT2D eigenvalue weighted by Crippen LogP contribution is 2.45. The van der Waals surface area contributed by atoms with Crippen LogP contribution in [0.5, 0.6) is 0 Å². The first kappa shape index (κ1) is 91.1. The van der Waals surface area contributed by atoms with Crippen LogP contribution >= 0.6 is 15.6 Å². The van der Waals surface area contributed by atoms with Gasteiger partial charge in [-0.15, -0.1) is 0 Å². The highest BCUT2D eigenvalue weighted by molar-refractivity contribution is 7.47. The molecule has 0 radical (unpaired) electrons. The van der Waals surface area contributed by atoms with E-state index in [1.807, 2.05) is 0 Å². The number of aliphatic hydroxyl groups excluding tert-OH is 1. The predicted octanol–water partition coefficient (Wildman–Crippen LogP) is 21.4. The van der Waals surface area contributed by atoms with Crippen molar-refractivity contribution in [3.8, 4) is 0 Å². The van der Waals surface area contributed by atoms with Crippen LogP contribution in [-0.2, 0) is 65.4 Å². The summed E-state index contributed by atoms with van der Waals surface area (Å²) in [4.78, 5) is 72.6. The Bertz CT molecular complexity index is 1820. The van der Waals surface area contributed by atoms with Crippen LogP contribution in [0.4, 0.5) is 0 Å². The third kappa shape index (κ3) is 68.4. The minimum atomic E-state index is -4.95. The smallest absolute Gasteiger partial charge is 0.462 e. The third-order valence-corrected chi connectivity index (χ3v) is 19.0. The average Bonchev–Trinajstić information content (AvgIpc) is 2.13. The van der Waals surface area contributed by atoms with E-state index in [9.17, 15) is 43.2 Å². The lowest BCUT2D eigenvalue weighted by atomic mass is 10.0. The van der Waals surface area contributed by atoms with Gasteiger partial charge >= 0.3 is 39.5 Å². The van der Waals surface area contributed by atoms with Crippen molar-refractivity contribution in [2.24, 2.45) is 17.8 Å². The number of hydrogen-bond donors (Lipinski definition) is 3. The lowest BCUT2D eigenvalue weighted by Gasteiger charge is -2.21. The first-order valence-corrected chi connectivity index (χ1v) is 41.3. The first-order valence-electron chi connectivity index (χ1n) is 38.3. The minimum absolute atomic E-state index is 0.103. The fraction of sp³-hybridized carbons (Fsp3) is 0.946. The minimum Gasteiger partial charge on any atom is -0.462 e. The Labute approximate surface area is 568 Å². The molecule has 0 aliphatic heterocycles. The molecule has 0 rings (SSSR count). The molecule has 5 atom stereocenters. The van der Waals surface area contributed by atoms with E-state index >= 15 is 0 Å². The summed E-state index contributed by atoms with van der Waals surface area (Å²) in [6.07, 6.45) is 50.5. The first-order chi connectivity index (χ1) is 44.7. The number of phosphoric acid groups is 2. The molecule has 0 saturated carbocycles. The second-order valence-corrected chi connectivity index (χ2v) is 31.0. The zero-order valence-corrected chi connectivity index (χ0v) is 62.5. The Balaban J connectivity index is 5.15. The number of carbonyl (C=O) groups is 4. The van der Waals surface area contributed by atoms with Crippen LogP contribution in [0.2, 0.25) is 0 Å². The van der Waals surface area contributed by atoms with Crippen molar-refractivity contribution >= 4 is 39.5 Å². The van der Waals surface area contributed by atoms with E-state index in [4.69, 9.17) is 37.0 Å². The van der Waals surface area contributed by atoms with Crippen molar-refractivity contribution < 1.29 is 80.2 Å². The summed E-state index contributed by atoms with van der Waals surface area (Å²) in [5.41, 5.74) is 0. The number of esters is 4. The Hall–Kier alpha value is -1.94. The molecule has 0 aliphatic rings. The third-order valence-electron chi connectivity index (χ3n) is 17.1. The molecule has 93 heavy (non-hydrogen) atoms. The van der Waals surface area contributed by atoms with E-state index in [-0.39, 0.29) is 25.7 Å².